The minimum atomic E-state index is -0.499. The highest BCUT2D eigenvalue weighted by atomic mass is 19.1. The molecule has 0 radical (unpaired) electrons. The van der Waals surface area contributed by atoms with Crippen molar-refractivity contribution in [3.8, 4) is 6.07 Å². The van der Waals surface area contributed by atoms with Crippen LogP contribution >= 0.6 is 0 Å². The van der Waals surface area contributed by atoms with Gasteiger partial charge in [-0.05, 0) is 18.6 Å². The number of nitrogens with zero attached hydrogens (tertiary/aromatic N) is 2. The van der Waals surface area contributed by atoms with Crippen molar-refractivity contribution in [1.82, 2.24) is 9.97 Å². The maximum atomic E-state index is 12.9. The molecule has 0 spiro atoms. The van der Waals surface area contributed by atoms with Crippen LogP contribution in [0.5, 0.6) is 0 Å². The number of nitriles is 1. The number of hydrogen-bond acceptors (Lipinski definition) is 3. The Kier molecular flexibility index (Phi) is 1.97. The summed E-state index contributed by atoms with van der Waals surface area (Å²) in [5.74, 6) is -0.499. The standard InChI is InChI=1S/C10H6FN3O/c1-5-7-2-6(11)4-13-9(7)14-10(15)8(5)3-12/h2,4H,1H3,(H,13,14,15). The smallest absolute Gasteiger partial charge is 0.267 e. The predicted molar refractivity (Wildman–Crippen MR) is 51.8 cm³/mol. The summed E-state index contributed by atoms with van der Waals surface area (Å²) < 4.78 is 12.9. The van der Waals surface area contributed by atoms with E-state index in [9.17, 15) is 9.18 Å². The molecule has 0 saturated heterocycles. The fourth-order valence-electron chi connectivity index (χ4n) is 1.43. The van der Waals surface area contributed by atoms with Crippen LogP contribution in [-0.2, 0) is 0 Å². The Labute approximate surface area is 84.0 Å². The number of rotatable bonds is 0. The van der Waals surface area contributed by atoms with Crippen LogP contribution in [0.1, 0.15) is 11.1 Å². The van der Waals surface area contributed by atoms with Gasteiger partial charge in [0.1, 0.15) is 23.1 Å². The Morgan fingerprint density at radius 3 is 3.00 bits per heavy atom. The van der Waals surface area contributed by atoms with Crippen molar-refractivity contribution in [3.05, 3.63) is 39.6 Å². The van der Waals surface area contributed by atoms with Crippen LogP contribution in [0.3, 0.4) is 0 Å². The maximum Gasteiger partial charge on any atom is 0.267 e. The molecule has 2 aromatic heterocycles. The van der Waals surface area contributed by atoms with E-state index in [1.165, 1.54) is 6.07 Å². The number of aromatic amines is 1. The van der Waals surface area contributed by atoms with Gasteiger partial charge in [-0.15, -0.1) is 0 Å². The third-order valence-corrected chi connectivity index (χ3v) is 2.20. The number of aryl methyl sites for hydroxylation is 1. The highest BCUT2D eigenvalue weighted by Crippen LogP contribution is 2.15. The fraction of sp³-hybridized carbons (Fsp3) is 0.100. The summed E-state index contributed by atoms with van der Waals surface area (Å²) >= 11 is 0. The molecule has 5 heteroatoms. The van der Waals surface area contributed by atoms with Gasteiger partial charge in [-0.25, -0.2) is 9.37 Å². The Hall–Kier alpha value is -2.22. The number of halogens is 1. The summed E-state index contributed by atoms with van der Waals surface area (Å²) in [4.78, 5) is 17.5. The molecule has 0 unspecified atom stereocenters. The minimum Gasteiger partial charge on any atom is -0.305 e. The molecule has 0 aliphatic carbocycles. The lowest BCUT2D eigenvalue weighted by atomic mass is 10.1. The molecule has 1 N–H and O–H groups in total. The second-order valence-electron chi connectivity index (χ2n) is 3.12. The lowest BCUT2D eigenvalue weighted by molar-refractivity contribution is 0.624. The second-order valence-corrected chi connectivity index (χ2v) is 3.12. The number of hydrogen-bond donors (Lipinski definition) is 1. The first kappa shape index (κ1) is 9.34. The number of H-pyrrole nitrogens is 1. The second kappa shape index (κ2) is 3.17. The molecule has 0 aliphatic rings. The minimum absolute atomic E-state index is 0.00472. The molecule has 0 atom stereocenters. The monoisotopic (exact) mass is 203 g/mol. The van der Waals surface area contributed by atoms with E-state index in [2.05, 4.69) is 9.97 Å². The summed E-state index contributed by atoms with van der Waals surface area (Å²) in [6, 6.07) is 3.03. The molecule has 0 aliphatic heterocycles. The lowest BCUT2D eigenvalue weighted by Crippen LogP contribution is -2.13. The van der Waals surface area contributed by atoms with E-state index >= 15 is 0 Å². The average molecular weight is 203 g/mol. The molecule has 2 rings (SSSR count). The van der Waals surface area contributed by atoms with Gasteiger partial charge in [0.05, 0.1) is 6.20 Å². The van der Waals surface area contributed by atoms with Gasteiger partial charge in [0.15, 0.2) is 0 Å². The van der Waals surface area contributed by atoms with Crippen LogP contribution in [0.25, 0.3) is 11.0 Å². The fourth-order valence-corrected chi connectivity index (χ4v) is 1.43. The molecule has 0 amide bonds. The average Bonchev–Trinajstić information content (AvgIpc) is 2.20. The Morgan fingerprint density at radius 1 is 1.60 bits per heavy atom. The number of fused-ring (bicyclic) bond motifs is 1. The van der Waals surface area contributed by atoms with Gasteiger partial charge in [-0.2, -0.15) is 5.26 Å². The summed E-state index contributed by atoms with van der Waals surface area (Å²) in [6.45, 7) is 1.59. The summed E-state index contributed by atoms with van der Waals surface area (Å²) in [5.41, 5.74) is 0.234. The van der Waals surface area contributed by atoms with Crippen molar-refractivity contribution in [2.24, 2.45) is 0 Å². The van der Waals surface area contributed by atoms with E-state index in [-0.39, 0.29) is 11.2 Å². The molecule has 74 valence electrons. The number of nitrogens with one attached hydrogen (secondary N) is 1. The molecule has 0 bridgehead atoms. The van der Waals surface area contributed by atoms with Crippen molar-refractivity contribution in [2.75, 3.05) is 0 Å². The normalized spacial score (nSPS) is 10.2. The largest absolute Gasteiger partial charge is 0.305 e. The molecule has 0 fully saturated rings. The van der Waals surface area contributed by atoms with Gasteiger partial charge in [-0.3, -0.25) is 4.79 Å². The van der Waals surface area contributed by atoms with E-state index < -0.39 is 11.4 Å². The summed E-state index contributed by atoms with van der Waals surface area (Å²) in [6.07, 6.45) is 1.02. The first-order chi connectivity index (χ1) is 7.13. The quantitative estimate of drug-likeness (QED) is 0.700. The van der Waals surface area contributed by atoms with Crippen molar-refractivity contribution in [3.63, 3.8) is 0 Å². The van der Waals surface area contributed by atoms with Crippen molar-refractivity contribution < 1.29 is 4.39 Å². The molecule has 2 aromatic rings. The summed E-state index contributed by atoms with van der Waals surface area (Å²) in [7, 11) is 0. The molecule has 15 heavy (non-hydrogen) atoms. The first-order valence-corrected chi connectivity index (χ1v) is 4.21. The third kappa shape index (κ3) is 1.36. The van der Waals surface area contributed by atoms with E-state index in [4.69, 9.17) is 5.26 Å². The molecule has 4 nitrogen and oxygen atoms in total. The Bertz CT molecular complexity index is 639. The van der Waals surface area contributed by atoms with Gasteiger partial charge >= 0.3 is 0 Å². The Balaban J connectivity index is 3.00. The summed E-state index contributed by atoms with van der Waals surface area (Å²) in [5, 5.41) is 9.19. The topological polar surface area (TPSA) is 69.5 Å². The number of aromatic nitrogens is 2. The van der Waals surface area contributed by atoms with E-state index in [1.54, 1.807) is 13.0 Å². The van der Waals surface area contributed by atoms with Crippen LogP contribution < -0.4 is 5.56 Å². The zero-order valence-electron chi connectivity index (χ0n) is 7.84. The lowest BCUT2D eigenvalue weighted by Gasteiger charge is -2.02. The molecular formula is C10H6FN3O. The molecule has 2 heterocycles. The molecule has 0 aromatic carbocycles. The van der Waals surface area contributed by atoms with Crippen LogP contribution in [0.4, 0.5) is 4.39 Å². The first-order valence-electron chi connectivity index (χ1n) is 4.21. The van der Waals surface area contributed by atoms with E-state index in [1.807, 2.05) is 0 Å². The van der Waals surface area contributed by atoms with Gasteiger partial charge in [-0.1, -0.05) is 0 Å². The van der Waals surface area contributed by atoms with Gasteiger partial charge in [0.25, 0.3) is 5.56 Å². The number of pyridine rings is 2. The van der Waals surface area contributed by atoms with Crippen molar-refractivity contribution in [1.29, 1.82) is 5.26 Å². The van der Waals surface area contributed by atoms with Gasteiger partial charge in [0.2, 0.25) is 0 Å². The van der Waals surface area contributed by atoms with Gasteiger partial charge < -0.3 is 4.98 Å². The van der Waals surface area contributed by atoms with Crippen molar-refractivity contribution >= 4 is 11.0 Å². The zero-order valence-corrected chi connectivity index (χ0v) is 7.84. The predicted octanol–water partition coefficient (Wildman–Crippen LogP) is 1.24. The van der Waals surface area contributed by atoms with Crippen LogP contribution in [-0.4, -0.2) is 9.97 Å². The zero-order chi connectivity index (χ0) is 11.0. The molecular weight excluding hydrogens is 197 g/mol. The highest BCUT2D eigenvalue weighted by molar-refractivity contribution is 5.80. The van der Waals surface area contributed by atoms with Crippen LogP contribution in [0.2, 0.25) is 0 Å². The Morgan fingerprint density at radius 2 is 2.33 bits per heavy atom. The highest BCUT2D eigenvalue weighted by Gasteiger charge is 2.09. The van der Waals surface area contributed by atoms with E-state index in [0.717, 1.165) is 6.20 Å². The van der Waals surface area contributed by atoms with Crippen LogP contribution in [0.15, 0.2) is 17.1 Å². The SMILES string of the molecule is Cc1c(C#N)c(=O)[nH]c2ncc(F)cc12. The van der Waals surface area contributed by atoms with Gasteiger partial charge in [0, 0.05) is 5.39 Å². The van der Waals surface area contributed by atoms with Crippen LogP contribution in [0, 0.1) is 24.1 Å². The molecule has 0 saturated carbocycles. The van der Waals surface area contributed by atoms with E-state index in [0.29, 0.717) is 10.9 Å². The third-order valence-electron chi connectivity index (χ3n) is 2.20. The maximum absolute atomic E-state index is 12.9. The van der Waals surface area contributed by atoms with Crippen molar-refractivity contribution in [2.45, 2.75) is 6.92 Å².